The molecule has 1 atom stereocenters. The van der Waals surface area contributed by atoms with E-state index in [4.69, 9.17) is 32.7 Å². The molecule has 0 aliphatic rings. The predicted molar refractivity (Wildman–Crippen MR) is 165 cm³/mol. The number of rotatable bonds is 14. The maximum absolute atomic E-state index is 14.1. The molecule has 9 nitrogen and oxygen atoms in total. The van der Waals surface area contributed by atoms with Gasteiger partial charge in [-0.15, -0.1) is 0 Å². The molecule has 1 N–H and O–H groups in total. The van der Waals surface area contributed by atoms with Crippen LogP contribution in [0, 0.1) is 0 Å². The minimum Gasteiger partial charge on any atom is -0.493 e. The Hall–Kier alpha value is -3.47. The molecular formula is C30H35Cl2N3O6S. The fourth-order valence-electron chi connectivity index (χ4n) is 4.35. The first-order valence-electron chi connectivity index (χ1n) is 13.4. The van der Waals surface area contributed by atoms with Crippen molar-refractivity contribution >= 4 is 50.7 Å². The van der Waals surface area contributed by atoms with Crippen molar-refractivity contribution in [3.8, 4) is 11.5 Å². The van der Waals surface area contributed by atoms with Crippen LogP contribution in [-0.4, -0.2) is 58.5 Å². The number of nitrogens with zero attached hydrogens (tertiary/aromatic N) is 2. The summed E-state index contributed by atoms with van der Waals surface area (Å²) in [4.78, 5) is 28.6. The van der Waals surface area contributed by atoms with Crippen molar-refractivity contribution in [3.63, 3.8) is 0 Å². The summed E-state index contributed by atoms with van der Waals surface area (Å²) in [5.74, 6) is -0.358. The second kappa shape index (κ2) is 15.1. The first-order valence-corrected chi connectivity index (χ1v) is 15.6. The highest BCUT2D eigenvalue weighted by molar-refractivity contribution is 7.92. The van der Waals surface area contributed by atoms with Crippen molar-refractivity contribution in [2.75, 3.05) is 31.6 Å². The summed E-state index contributed by atoms with van der Waals surface area (Å²) in [6.07, 6.45) is 1.00. The minimum absolute atomic E-state index is 0.0358. The maximum Gasteiger partial charge on any atom is 0.264 e. The van der Waals surface area contributed by atoms with Gasteiger partial charge in [0.05, 0.1) is 24.8 Å². The van der Waals surface area contributed by atoms with E-state index in [-0.39, 0.29) is 28.8 Å². The molecular weight excluding hydrogens is 601 g/mol. The Bertz CT molecular complexity index is 1490. The third-order valence-corrected chi connectivity index (χ3v) is 8.91. The van der Waals surface area contributed by atoms with Crippen LogP contribution in [0.3, 0.4) is 0 Å². The normalized spacial score (nSPS) is 11.9. The number of methoxy groups -OCH3 is 2. The fourth-order valence-corrected chi connectivity index (χ4v) is 6.24. The van der Waals surface area contributed by atoms with Crippen LogP contribution in [0.25, 0.3) is 0 Å². The summed E-state index contributed by atoms with van der Waals surface area (Å²) in [6, 6.07) is 16.5. The number of ether oxygens (including phenoxy) is 2. The second-order valence-corrected chi connectivity index (χ2v) is 12.0. The molecule has 3 aromatic carbocycles. The molecule has 0 saturated heterocycles. The van der Waals surface area contributed by atoms with Crippen LogP contribution in [0.1, 0.15) is 32.3 Å². The minimum atomic E-state index is -4.29. The molecule has 0 spiro atoms. The van der Waals surface area contributed by atoms with Gasteiger partial charge in [-0.25, -0.2) is 8.42 Å². The number of nitrogens with one attached hydrogen (secondary N) is 1. The van der Waals surface area contributed by atoms with Gasteiger partial charge in [0, 0.05) is 29.2 Å². The molecule has 3 aromatic rings. The summed E-state index contributed by atoms with van der Waals surface area (Å²) in [5, 5.41) is 3.59. The molecule has 0 bridgehead atoms. The topological polar surface area (TPSA) is 105 Å². The van der Waals surface area contributed by atoms with E-state index in [1.54, 1.807) is 55.5 Å². The summed E-state index contributed by atoms with van der Waals surface area (Å²) in [7, 11) is -1.44. The zero-order valence-electron chi connectivity index (χ0n) is 24.0. The molecule has 0 aliphatic heterocycles. The molecule has 0 aromatic heterocycles. The molecule has 0 radical (unpaired) electrons. The lowest BCUT2D eigenvalue weighted by Crippen LogP contribution is -2.52. The summed E-state index contributed by atoms with van der Waals surface area (Å²) in [5.41, 5.74) is 0.832. The molecule has 0 fully saturated rings. The van der Waals surface area contributed by atoms with Gasteiger partial charge < -0.3 is 19.7 Å². The van der Waals surface area contributed by atoms with Crippen LogP contribution in [0.4, 0.5) is 5.69 Å². The molecule has 2 amide bonds. The van der Waals surface area contributed by atoms with Crippen molar-refractivity contribution in [2.45, 2.75) is 44.2 Å². The highest BCUT2D eigenvalue weighted by Gasteiger charge is 2.34. The van der Waals surface area contributed by atoms with Crippen molar-refractivity contribution in [1.82, 2.24) is 10.2 Å². The Morgan fingerprint density at radius 1 is 0.929 bits per heavy atom. The lowest BCUT2D eigenvalue weighted by atomic mass is 10.1. The molecule has 12 heteroatoms. The third kappa shape index (κ3) is 7.87. The van der Waals surface area contributed by atoms with E-state index in [0.29, 0.717) is 40.7 Å². The van der Waals surface area contributed by atoms with Gasteiger partial charge in [0.1, 0.15) is 12.6 Å². The van der Waals surface area contributed by atoms with Crippen LogP contribution in [0.5, 0.6) is 11.5 Å². The number of benzene rings is 3. The van der Waals surface area contributed by atoms with E-state index < -0.39 is 28.5 Å². The average molecular weight is 637 g/mol. The smallest absolute Gasteiger partial charge is 0.264 e. The lowest BCUT2D eigenvalue weighted by Gasteiger charge is -2.33. The number of sulfonamides is 1. The zero-order chi connectivity index (χ0) is 30.9. The Labute approximate surface area is 257 Å². The van der Waals surface area contributed by atoms with E-state index in [2.05, 4.69) is 5.32 Å². The van der Waals surface area contributed by atoms with Crippen LogP contribution >= 0.6 is 23.2 Å². The Morgan fingerprint density at radius 2 is 1.62 bits per heavy atom. The second-order valence-electron chi connectivity index (χ2n) is 9.34. The van der Waals surface area contributed by atoms with Crippen LogP contribution in [0.15, 0.2) is 71.6 Å². The molecule has 0 aliphatic carbocycles. The van der Waals surface area contributed by atoms with E-state index in [1.165, 1.54) is 37.3 Å². The molecule has 226 valence electrons. The first kappa shape index (κ1) is 33.0. The Balaban J connectivity index is 2.08. The molecule has 3 rings (SSSR count). The number of carbonyl (C=O) groups excluding carboxylic acids is 2. The van der Waals surface area contributed by atoms with E-state index in [0.717, 1.165) is 4.31 Å². The zero-order valence-corrected chi connectivity index (χ0v) is 26.3. The van der Waals surface area contributed by atoms with Crippen LogP contribution in [-0.2, 0) is 26.2 Å². The number of hydrogen-bond acceptors (Lipinski definition) is 6. The monoisotopic (exact) mass is 635 g/mol. The standard InChI is InChI=1S/C30H35Cl2N3O6S/c1-5-16-33-30(37)26(6-2)34(19-21-12-13-22(31)17-25(21)32)29(36)20-35(23-10-8-7-9-11-23)42(38,39)24-14-15-27(40-3)28(18-24)41-4/h7-15,17-18,26H,5-6,16,19-20H2,1-4H3,(H,33,37). The van der Waals surface area contributed by atoms with Gasteiger partial charge in [0.25, 0.3) is 10.0 Å². The predicted octanol–water partition coefficient (Wildman–Crippen LogP) is 5.54. The third-order valence-electron chi connectivity index (χ3n) is 6.56. The van der Waals surface area contributed by atoms with Crippen LogP contribution in [0.2, 0.25) is 10.0 Å². The van der Waals surface area contributed by atoms with Gasteiger partial charge in [0.2, 0.25) is 11.8 Å². The van der Waals surface area contributed by atoms with E-state index in [9.17, 15) is 18.0 Å². The Morgan fingerprint density at radius 3 is 2.21 bits per heavy atom. The number of anilines is 1. The number of amides is 2. The van der Waals surface area contributed by atoms with Gasteiger partial charge in [-0.05, 0) is 54.8 Å². The maximum atomic E-state index is 14.1. The number of carbonyl (C=O) groups is 2. The largest absolute Gasteiger partial charge is 0.493 e. The molecule has 0 saturated carbocycles. The van der Waals surface area contributed by atoms with E-state index in [1.807, 2.05) is 6.92 Å². The van der Waals surface area contributed by atoms with Gasteiger partial charge >= 0.3 is 0 Å². The summed E-state index contributed by atoms with van der Waals surface area (Å²) >= 11 is 12.5. The lowest BCUT2D eigenvalue weighted by molar-refractivity contribution is -0.140. The number of para-hydroxylation sites is 1. The fraction of sp³-hybridized carbons (Fsp3) is 0.333. The Kier molecular flexibility index (Phi) is 11.9. The summed E-state index contributed by atoms with van der Waals surface area (Å²) < 4.78 is 39.7. The molecule has 1 unspecified atom stereocenters. The average Bonchev–Trinajstić information content (AvgIpc) is 2.99. The van der Waals surface area contributed by atoms with Crippen molar-refractivity contribution in [3.05, 3.63) is 82.3 Å². The summed E-state index contributed by atoms with van der Waals surface area (Å²) in [6.45, 7) is 3.53. The first-order chi connectivity index (χ1) is 20.1. The quantitative estimate of drug-likeness (QED) is 0.249. The highest BCUT2D eigenvalue weighted by atomic mass is 35.5. The SMILES string of the molecule is CCCNC(=O)C(CC)N(Cc1ccc(Cl)cc1Cl)C(=O)CN(c1ccccc1)S(=O)(=O)c1ccc(OC)c(OC)c1. The van der Waals surface area contributed by atoms with Gasteiger partial charge in [-0.1, -0.05) is 61.3 Å². The van der Waals surface area contributed by atoms with E-state index >= 15 is 0 Å². The van der Waals surface area contributed by atoms with Crippen molar-refractivity contribution < 1.29 is 27.5 Å². The van der Waals surface area contributed by atoms with Crippen molar-refractivity contribution in [1.29, 1.82) is 0 Å². The van der Waals surface area contributed by atoms with Crippen LogP contribution < -0.4 is 19.1 Å². The van der Waals surface area contributed by atoms with Gasteiger partial charge in [0.15, 0.2) is 11.5 Å². The molecule has 42 heavy (non-hydrogen) atoms. The number of hydrogen-bond donors (Lipinski definition) is 1. The van der Waals surface area contributed by atoms with Gasteiger partial charge in [-0.3, -0.25) is 13.9 Å². The van der Waals surface area contributed by atoms with Gasteiger partial charge in [-0.2, -0.15) is 0 Å². The highest BCUT2D eigenvalue weighted by Crippen LogP contribution is 2.32. The van der Waals surface area contributed by atoms with Crippen molar-refractivity contribution in [2.24, 2.45) is 0 Å². The number of halogens is 2. The molecule has 0 heterocycles.